The van der Waals surface area contributed by atoms with E-state index in [0.29, 0.717) is 6.54 Å². The minimum atomic E-state index is -0.711. The highest BCUT2D eigenvalue weighted by molar-refractivity contribution is 5.97. The van der Waals surface area contributed by atoms with Gasteiger partial charge in [0.2, 0.25) is 0 Å². The smallest absolute Gasteiger partial charge is 0.258 e. The van der Waals surface area contributed by atoms with Crippen molar-refractivity contribution >= 4 is 5.91 Å². The number of carbonyl (C=O) groups excluding carboxylic acids is 1. The molecule has 1 atom stereocenters. The summed E-state index contributed by atoms with van der Waals surface area (Å²) in [6, 6.07) is 3.82. The second-order valence-electron chi connectivity index (χ2n) is 4.91. The summed E-state index contributed by atoms with van der Waals surface area (Å²) in [5.41, 5.74) is -0.435. The predicted octanol–water partition coefficient (Wildman–Crippen LogP) is 1.40. The predicted molar refractivity (Wildman–Crippen MR) is 66.0 cm³/mol. The molecule has 1 aliphatic rings. The monoisotopic (exact) mass is 252 g/mol. The van der Waals surface area contributed by atoms with E-state index in [1.807, 2.05) is 6.92 Å². The number of rotatable bonds is 3. The first kappa shape index (κ1) is 12.8. The maximum atomic E-state index is 13.5. The van der Waals surface area contributed by atoms with E-state index in [4.69, 9.17) is 0 Å². The molecule has 0 saturated carbocycles. The van der Waals surface area contributed by atoms with Crippen molar-refractivity contribution in [2.45, 2.75) is 25.3 Å². The number of hydrogen-bond acceptors (Lipinski definition) is 3. The average Bonchev–Trinajstić information content (AvgIpc) is 2.74. The molecule has 4 nitrogen and oxygen atoms in total. The Labute approximate surface area is 105 Å². The van der Waals surface area contributed by atoms with Gasteiger partial charge in [-0.2, -0.15) is 0 Å². The van der Waals surface area contributed by atoms with Crippen molar-refractivity contribution in [2.75, 3.05) is 13.1 Å². The summed E-state index contributed by atoms with van der Waals surface area (Å²) in [7, 11) is 0. The molecule has 1 fully saturated rings. The number of carbonyl (C=O) groups is 1. The Bertz CT molecular complexity index is 436. The Morgan fingerprint density at radius 2 is 2.39 bits per heavy atom. The Hall–Kier alpha value is -1.62. The van der Waals surface area contributed by atoms with Gasteiger partial charge in [0, 0.05) is 12.1 Å². The molecule has 0 radical (unpaired) electrons. The van der Waals surface area contributed by atoms with Gasteiger partial charge >= 0.3 is 0 Å². The Kier molecular flexibility index (Phi) is 3.52. The summed E-state index contributed by atoms with van der Waals surface area (Å²) in [5, 5.41) is 15.5. The van der Waals surface area contributed by atoms with Gasteiger partial charge in [-0.15, -0.1) is 0 Å². The first-order valence-electron chi connectivity index (χ1n) is 6.02. The summed E-state index contributed by atoms with van der Waals surface area (Å²) in [6.45, 7) is 3.36. The van der Waals surface area contributed by atoms with Crippen LogP contribution < -0.4 is 10.6 Å². The standard InChI is InChI=1S/C13H17FN2O2/c1-13(6-3-7-16-13)8-15-12(18)11-9(14)4-2-5-10(11)17/h2,4-5,16-17H,3,6-8H2,1H3,(H,15,18). The fourth-order valence-electron chi connectivity index (χ4n) is 2.21. The maximum absolute atomic E-state index is 13.5. The van der Waals surface area contributed by atoms with Crippen LogP contribution in [0.4, 0.5) is 4.39 Å². The van der Waals surface area contributed by atoms with Crippen LogP contribution >= 0.6 is 0 Å². The van der Waals surface area contributed by atoms with Crippen LogP contribution in [0.25, 0.3) is 0 Å². The van der Waals surface area contributed by atoms with Gasteiger partial charge in [0.05, 0.1) is 0 Å². The number of amides is 1. The lowest BCUT2D eigenvalue weighted by molar-refractivity contribution is 0.0935. The second-order valence-corrected chi connectivity index (χ2v) is 4.91. The zero-order valence-corrected chi connectivity index (χ0v) is 10.3. The molecular formula is C13H17FN2O2. The third kappa shape index (κ3) is 2.61. The lowest BCUT2D eigenvalue weighted by atomic mass is 10.0. The Balaban J connectivity index is 2.04. The lowest BCUT2D eigenvalue weighted by Gasteiger charge is -2.24. The number of aromatic hydroxyl groups is 1. The average molecular weight is 252 g/mol. The van der Waals surface area contributed by atoms with Crippen LogP contribution in [-0.2, 0) is 0 Å². The fourth-order valence-corrected chi connectivity index (χ4v) is 2.21. The molecule has 1 heterocycles. The number of benzene rings is 1. The molecule has 0 spiro atoms. The molecule has 5 heteroatoms. The zero-order chi connectivity index (χ0) is 13.2. The molecule has 0 aliphatic carbocycles. The molecule has 98 valence electrons. The van der Waals surface area contributed by atoms with E-state index >= 15 is 0 Å². The van der Waals surface area contributed by atoms with Crippen LogP contribution in [0, 0.1) is 5.82 Å². The SMILES string of the molecule is CC1(CNC(=O)c2c(O)cccc2F)CCCN1. The van der Waals surface area contributed by atoms with Gasteiger partial charge < -0.3 is 15.7 Å². The topological polar surface area (TPSA) is 61.4 Å². The van der Waals surface area contributed by atoms with Gasteiger partial charge in [-0.1, -0.05) is 6.07 Å². The van der Waals surface area contributed by atoms with Crippen LogP contribution in [0.1, 0.15) is 30.1 Å². The van der Waals surface area contributed by atoms with E-state index in [2.05, 4.69) is 10.6 Å². The molecule has 0 bridgehead atoms. The number of halogens is 1. The quantitative estimate of drug-likeness (QED) is 0.762. The van der Waals surface area contributed by atoms with Gasteiger partial charge in [-0.3, -0.25) is 4.79 Å². The van der Waals surface area contributed by atoms with Crippen molar-refractivity contribution in [3.8, 4) is 5.75 Å². The highest BCUT2D eigenvalue weighted by Crippen LogP contribution is 2.21. The highest BCUT2D eigenvalue weighted by atomic mass is 19.1. The van der Waals surface area contributed by atoms with Crippen molar-refractivity contribution in [1.29, 1.82) is 0 Å². The van der Waals surface area contributed by atoms with E-state index in [0.717, 1.165) is 25.5 Å². The summed E-state index contributed by atoms with van der Waals surface area (Å²) < 4.78 is 13.5. The van der Waals surface area contributed by atoms with Crippen LogP contribution in [0.2, 0.25) is 0 Å². The summed E-state index contributed by atoms with van der Waals surface area (Å²) >= 11 is 0. The van der Waals surface area contributed by atoms with Crippen molar-refractivity contribution in [2.24, 2.45) is 0 Å². The van der Waals surface area contributed by atoms with Gasteiger partial charge in [-0.05, 0) is 38.4 Å². The summed E-state index contributed by atoms with van der Waals surface area (Å²) in [5.74, 6) is -1.63. The third-order valence-corrected chi connectivity index (χ3v) is 3.31. The molecule has 1 saturated heterocycles. The van der Waals surface area contributed by atoms with Gasteiger partial charge in [-0.25, -0.2) is 4.39 Å². The first-order valence-corrected chi connectivity index (χ1v) is 6.02. The van der Waals surface area contributed by atoms with E-state index in [-0.39, 0.29) is 16.9 Å². The molecule has 2 rings (SSSR count). The highest BCUT2D eigenvalue weighted by Gasteiger charge is 2.29. The lowest BCUT2D eigenvalue weighted by Crippen LogP contribution is -2.47. The van der Waals surface area contributed by atoms with E-state index < -0.39 is 11.7 Å². The van der Waals surface area contributed by atoms with E-state index in [1.54, 1.807) is 0 Å². The Morgan fingerprint density at radius 1 is 1.61 bits per heavy atom. The van der Waals surface area contributed by atoms with Crippen molar-refractivity contribution < 1.29 is 14.3 Å². The number of phenols is 1. The van der Waals surface area contributed by atoms with Gasteiger partial charge in [0.15, 0.2) is 0 Å². The van der Waals surface area contributed by atoms with Crippen LogP contribution in [0.15, 0.2) is 18.2 Å². The minimum Gasteiger partial charge on any atom is -0.507 e. The molecular weight excluding hydrogens is 235 g/mol. The number of phenolic OH excluding ortho intramolecular Hbond substituents is 1. The van der Waals surface area contributed by atoms with Crippen molar-refractivity contribution in [3.63, 3.8) is 0 Å². The van der Waals surface area contributed by atoms with Crippen molar-refractivity contribution in [3.05, 3.63) is 29.6 Å². The van der Waals surface area contributed by atoms with E-state index in [9.17, 15) is 14.3 Å². The summed E-state index contributed by atoms with van der Waals surface area (Å²) in [4.78, 5) is 11.8. The fraction of sp³-hybridized carbons (Fsp3) is 0.462. The number of hydrogen-bond donors (Lipinski definition) is 3. The van der Waals surface area contributed by atoms with Crippen LogP contribution in [0.5, 0.6) is 5.75 Å². The van der Waals surface area contributed by atoms with Gasteiger partial charge in [0.1, 0.15) is 17.1 Å². The Morgan fingerprint density at radius 3 is 3.00 bits per heavy atom. The molecule has 1 aliphatic heterocycles. The molecule has 1 unspecified atom stereocenters. The first-order chi connectivity index (χ1) is 8.52. The maximum Gasteiger partial charge on any atom is 0.258 e. The normalized spacial score (nSPS) is 23.0. The molecule has 1 aromatic carbocycles. The zero-order valence-electron chi connectivity index (χ0n) is 10.3. The molecule has 1 amide bonds. The van der Waals surface area contributed by atoms with Gasteiger partial charge in [0.25, 0.3) is 5.91 Å². The van der Waals surface area contributed by atoms with Crippen LogP contribution in [-0.4, -0.2) is 29.6 Å². The third-order valence-electron chi connectivity index (χ3n) is 3.31. The summed E-state index contributed by atoms with van der Waals surface area (Å²) in [6.07, 6.45) is 2.04. The minimum absolute atomic E-state index is 0.142. The molecule has 0 aromatic heterocycles. The van der Waals surface area contributed by atoms with Crippen molar-refractivity contribution in [1.82, 2.24) is 10.6 Å². The number of nitrogens with one attached hydrogen (secondary N) is 2. The molecule has 3 N–H and O–H groups in total. The van der Waals surface area contributed by atoms with Crippen LogP contribution in [0.3, 0.4) is 0 Å². The van der Waals surface area contributed by atoms with E-state index in [1.165, 1.54) is 12.1 Å². The molecule has 18 heavy (non-hydrogen) atoms. The molecule has 1 aromatic rings. The largest absolute Gasteiger partial charge is 0.507 e. The second kappa shape index (κ2) is 4.94.